The van der Waals surface area contributed by atoms with Gasteiger partial charge in [-0.25, -0.2) is 9.78 Å². The number of carbonyl (C=O) groups excluding carboxylic acids is 2. The minimum atomic E-state index is -0.757. The molecular weight excluding hydrogens is 344 g/mol. The molecule has 0 aliphatic heterocycles. The van der Waals surface area contributed by atoms with Crippen molar-refractivity contribution in [2.24, 2.45) is 0 Å². The highest BCUT2D eigenvalue weighted by Crippen LogP contribution is 2.30. The Morgan fingerprint density at radius 3 is 2.42 bits per heavy atom. The van der Waals surface area contributed by atoms with E-state index in [9.17, 15) is 9.59 Å². The van der Waals surface area contributed by atoms with Crippen LogP contribution in [0.25, 0.3) is 0 Å². The minimum Gasteiger partial charge on any atom is -0.467 e. The Morgan fingerprint density at radius 1 is 1.29 bits per heavy atom. The number of rotatable bonds is 11. The van der Waals surface area contributed by atoms with Crippen LogP contribution in [0.3, 0.4) is 0 Å². The van der Waals surface area contributed by atoms with Gasteiger partial charge in [-0.15, -0.1) is 11.3 Å². The van der Waals surface area contributed by atoms with Crippen LogP contribution in [0.4, 0.5) is 0 Å². The highest BCUT2D eigenvalue weighted by atomic mass is 32.1. The molecule has 136 valence electrons. The van der Waals surface area contributed by atoms with Crippen molar-refractivity contribution in [3.05, 3.63) is 16.1 Å². The van der Waals surface area contributed by atoms with Crippen LogP contribution in [0.1, 0.15) is 73.8 Å². The summed E-state index contributed by atoms with van der Waals surface area (Å²) in [5.74, 6) is -0.257. The first kappa shape index (κ1) is 21.0. The van der Waals surface area contributed by atoms with Gasteiger partial charge in [0.1, 0.15) is 11.7 Å². The van der Waals surface area contributed by atoms with Gasteiger partial charge in [0.25, 0.3) is 5.91 Å². The molecule has 5 nitrogen and oxygen atoms in total. The number of hydrogen-bond acceptors (Lipinski definition) is 6. The number of unbranched alkanes of at least 4 members (excludes halogenated alkanes) is 2. The predicted molar refractivity (Wildman–Crippen MR) is 101 cm³/mol. The molecule has 1 unspecified atom stereocenters. The smallest absolute Gasteiger partial charge is 0.329 e. The molecule has 0 fully saturated rings. The maximum atomic E-state index is 12.3. The average Bonchev–Trinajstić information content (AvgIpc) is 3.09. The van der Waals surface area contributed by atoms with E-state index in [1.807, 2.05) is 0 Å². The van der Waals surface area contributed by atoms with E-state index in [0.29, 0.717) is 11.6 Å². The van der Waals surface area contributed by atoms with Gasteiger partial charge in [-0.05, 0) is 12.8 Å². The van der Waals surface area contributed by atoms with Crippen LogP contribution in [0.2, 0.25) is 0 Å². The van der Waals surface area contributed by atoms with Crippen LogP contribution in [0.15, 0.2) is 5.38 Å². The molecule has 7 heteroatoms. The number of aromatic nitrogens is 1. The first-order valence-corrected chi connectivity index (χ1v) is 10.0. The Bertz CT molecular complexity index is 512. The van der Waals surface area contributed by atoms with Crippen molar-refractivity contribution < 1.29 is 14.3 Å². The van der Waals surface area contributed by atoms with E-state index < -0.39 is 12.0 Å². The monoisotopic (exact) mass is 372 g/mol. The lowest BCUT2D eigenvalue weighted by molar-refractivity contribution is -0.142. The molecule has 1 amide bonds. The van der Waals surface area contributed by atoms with E-state index in [2.05, 4.69) is 41.5 Å². The maximum absolute atomic E-state index is 12.3. The van der Waals surface area contributed by atoms with Gasteiger partial charge in [0, 0.05) is 17.1 Å². The molecule has 0 aromatic carbocycles. The zero-order valence-electron chi connectivity index (χ0n) is 14.7. The second kappa shape index (κ2) is 11.5. The zero-order chi connectivity index (χ0) is 17.9. The molecule has 1 aromatic rings. The highest BCUT2D eigenvalue weighted by molar-refractivity contribution is 7.80. The molecule has 1 rings (SSSR count). The lowest BCUT2D eigenvalue weighted by atomic mass is 9.97. The van der Waals surface area contributed by atoms with E-state index in [1.54, 1.807) is 5.38 Å². The summed E-state index contributed by atoms with van der Waals surface area (Å²) in [6.45, 7) is 4.37. The topological polar surface area (TPSA) is 68.3 Å². The fourth-order valence-electron chi connectivity index (χ4n) is 2.43. The predicted octanol–water partition coefficient (Wildman–Crippen LogP) is 3.81. The number of nitrogens with one attached hydrogen (secondary N) is 1. The summed E-state index contributed by atoms with van der Waals surface area (Å²) < 4.78 is 4.65. The summed E-state index contributed by atoms with van der Waals surface area (Å²) in [5, 5.41) is 5.41. The van der Waals surface area contributed by atoms with Crippen LogP contribution >= 0.6 is 24.0 Å². The lowest BCUT2D eigenvalue weighted by Gasteiger charge is -2.14. The second-order valence-corrected chi connectivity index (χ2v) is 7.04. The van der Waals surface area contributed by atoms with E-state index in [-0.39, 0.29) is 11.7 Å². The molecule has 0 spiro atoms. The van der Waals surface area contributed by atoms with Gasteiger partial charge >= 0.3 is 5.97 Å². The van der Waals surface area contributed by atoms with E-state index in [1.165, 1.54) is 31.3 Å². The summed E-state index contributed by atoms with van der Waals surface area (Å²) in [4.78, 5) is 28.4. The molecule has 1 aromatic heterocycles. The molecule has 0 saturated carbocycles. The van der Waals surface area contributed by atoms with Crippen LogP contribution in [-0.2, 0) is 9.53 Å². The largest absolute Gasteiger partial charge is 0.467 e. The number of carbonyl (C=O) groups is 2. The van der Waals surface area contributed by atoms with Crippen molar-refractivity contribution in [3.8, 4) is 0 Å². The number of nitrogens with zero attached hydrogens (tertiary/aromatic N) is 1. The molecule has 0 bridgehead atoms. The van der Waals surface area contributed by atoms with E-state index in [0.717, 1.165) is 30.7 Å². The zero-order valence-corrected chi connectivity index (χ0v) is 16.4. The molecule has 1 N–H and O–H groups in total. The summed E-state index contributed by atoms with van der Waals surface area (Å²) in [6.07, 6.45) is 6.85. The number of methoxy groups -OCH3 is 1. The second-order valence-electron chi connectivity index (χ2n) is 5.78. The van der Waals surface area contributed by atoms with Crippen molar-refractivity contribution >= 4 is 35.8 Å². The van der Waals surface area contributed by atoms with E-state index >= 15 is 0 Å². The third-order valence-electron chi connectivity index (χ3n) is 3.89. The molecular formula is C17H28N2O3S2. The summed E-state index contributed by atoms with van der Waals surface area (Å²) in [7, 11) is 1.29. The van der Waals surface area contributed by atoms with Gasteiger partial charge in [-0.3, -0.25) is 4.79 Å². The van der Waals surface area contributed by atoms with Crippen LogP contribution in [0.5, 0.6) is 0 Å². The standard InChI is InChI=1S/C17H28N2O3S2/c1-4-6-8-12(9-7-5-2)16-19-14(11-24-16)15(20)18-13(10-23)17(21)22-3/h11-13,23H,4-10H2,1-3H3,(H,18,20). The average molecular weight is 373 g/mol. The van der Waals surface area contributed by atoms with Crippen molar-refractivity contribution in [1.29, 1.82) is 0 Å². The number of thiol groups is 1. The summed E-state index contributed by atoms with van der Waals surface area (Å²) >= 11 is 5.61. The molecule has 0 aliphatic rings. The van der Waals surface area contributed by atoms with Crippen molar-refractivity contribution in [2.45, 2.75) is 64.3 Å². The molecule has 1 atom stereocenters. The Hall–Kier alpha value is -1.08. The van der Waals surface area contributed by atoms with Gasteiger partial charge in [0.2, 0.25) is 0 Å². The first-order valence-electron chi connectivity index (χ1n) is 8.52. The normalized spacial score (nSPS) is 12.2. The fourth-order valence-corrected chi connectivity index (χ4v) is 3.64. The van der Waals surface area contributed by atoms with Crippen molar-refractivity contribution in [3.63, 3.8) is 0 Å². The maximum Gasteiger partial charge on any atom is 0.329 e. The molecule has 0 radical (unpaired) electrons. The van der Waals surface area contributed by atoms with Gasteiger partial charge in [0.15, 0.2) is 0 Å². The first-order chi connectivity index (χ1) is 11.6. The summed E-state index contributed by atoms with van der Waals surface area (Å²) in [5.41, 5.74) is 0.365. The molecule has 0 aliphatic carbocycles. The Kier molecular flexibility index (Phi) is 10.0. The molecule has 1 heterocycles. The number of ether oxygens (including phenoxy) is 1. The van der Waals surface area contributed by atoms with Crippen LogP contribution in [0, 0.1) is 0 Å². The Labute approximate surface area is 154 Å². The Balaban J connectivity index is 2.77. The van der Waals surface area contributed by atoms with Crippen molar-refractivity contribution in [2.75, 3.05) is 12.9 Å². The molecule has 24 heavy (non-hydrogen) atoms. The highest BCUT2D eigenvalue weighted by Gasteiger charge is 2.23. The van der Waals surface area contributed by atoms with E-state index in [4.69, 9.17) is 0 Å². The fraction of sp³-hybridized carbons (Fsp3) is 0.706. The van der Waals surface area contributed by atoms with Gasteiger partial charge in [-0.2, -0.15) is 12.6 Å². The van der Waals surface area contributed by atoms with Crippen LogP contribution < -0.4 is 5.32 Å². The number of hydrogen-bond donors (Lipinski definition) is 2. The number of esters is 1. The SMILES string of the molecule is CCCCC(CCCC)c1nc(C(=O)NC(CS)C(=O)OC)cs1. The third kappa shape index (κ3) is 6.43. The molecule has 0 saturated heterocycles. The van der Waals surface area contributed by atoms with Gasteiger partial charge < -0.3 is 10.1 Å². The van der Waals surface area contributed by atoms with Gasteiger partial charge in [-0.1, -0.05) is 39.5 Å². The van der Waals surface area contributed by atoms with Crippen molar-refractivity contribution in [1.82, 2.24) is 10.3 Å². The number of amides is 1. The Morgan fingerprint density at radius 2 is 1.92 bits per heavy atom. The third-order valence-corrected chi connectivity index (χ3v) is 5.26. The summed E-state index contributed by atoms with van der Waals surface area (Å²) in [6, 6.07) is -0.757. The van der Waals surface area contributed by atoms with Crippen LogP contribution in [-0.4, -0.2) is 35.8 Å². The lowest BCUT2D eigenvalue weighted by Crippen LogP contribution is -2.43. The van der Waals surface area contributed by atoms with Gasteiger partial charge in [0.05, 0.1) is 12.1 Å². The quantitative estimate of drug-likeness (QED) is 0.458. The number of thiazole rings is 1. The minimum absolute atomic E-state index is 0.186.